The summed E-state index contributed by atoms with van der Waals surface area (Å²) in [5.41, 5.74) is -0.304. The van der Waals surface area contributed by atoms with Crippen molar-refractivity contribution in [3.8, 4) is 5.75 Å². The van der Waals surface area contributed by atoms with Crippen molar-refractivity contribution < 1.29 is 19.2 Å². The van der Waals surface area contributed by atoms with Crippen LogP contribution in [0.3, 0.4) is 0 Å². The Labute approximate surface area is 91.2 Å². The third kappa shape index (κ3) is 3.09. The van der Waals surface area contributed by atoms with Gasteiger partial charge in [-0.3, -0.25) is 10.1 Å². The molecule has 1 aromatic carbocycles. The molecule has 6 heteroatoms. The van der Waals surface area contributed by atoms with Crippen LogP contribution in [0, 0.1) is 10.1 Å². The standard InChI is InChI=1S/C10H9NO5/c1-7(2)15-10(12)16-9-6-4-3-5-8(9)11(13)14/h3-6H,1H2,2H3. The Balaban J connectivity index is 2.84. The monoisotopic (exact) mass is 223 g/mol. The maximum absolute atomic E-state index is 11.1. The molecule has 0 unspecified atom stereocenters. The third-order valence-electron chi connectivity index (χ3n) is 1.51. The predicted molar refractivity (Wildman–Crippen MR) is 55.0 cm³/mol. The van der Waals surface area contributed by atoms with Crippen molar-refractivity contribution in [2.75, 3.05) is 0 Å². The number of nitro benzene ring substituents is 1. The Morgan fingerprint density at radius 3 is 2.62 bits per heavy atom. The van der Waals surface area contributed by atoms with E-state index in [-0.39, 0.29) is 17.2 Å². The molecule has 0 saturated carbocycles. The molecule has 16 heavy (non-hydrogen) atoms. The Morgan fingerprint density at radius 1 is 1.44 bits per heavy atom. The average Bonchev–Trinajstić information content (AvgIpc) is 2.16. The SMILES string of the molecule is C=C(C)OC(=O)Oc1ccccc1[N+](=O)[O-]. The minimum absolute atomic E-state index is 0.142. The smallest absolute Gasteiger partial charge is 0.400 e. The first-order valence-electron chi connectivity index (χ1n) is 4.29. The molecule has 0 atom stereocenters. The van der Waals surface area contributed by atoms with Gasteiger partial charge in [0.25, 0.3) is 0 Å². The lowest BCUT2D eigenvalue weighted by Gasteiger charge is -2.04. The van der Waals surface area contributed by atoms with Crippen molar-refractivity contribution in [3.63, 3.8) is 0 Å². The number of rotatable bonds is 3. The van der Waals surface area contributed by atoms with Crippen LogP contribution in [0.15, 0.2) is 36.6 Å². The van der Waals surface area contributed by atoms with E-state index in [4.69, 9.17) is 0 Å². The van der Waals surface area contributed by atoms with Crippen molar-refractivity contribution in [1.29, 1.82) is 0 Å². The molecule has 0 saturated heterocycles. The van der Waals surface area contributed by atoms with Crippen LogP contribution in [0.5, 0.6) is 5.75 Å². The van der Waals surface area contributed by atoms with Gasteiger partial charge in [-0.25, -0.2) is 4.79 Å². The van der Waals surface area contributed by atoms with Crippen LogP contribution < -0.4 is 4.74 Å². The molecule has 6 nitrogen and oxygen atoms in total. The third-order valence-corrected chi connectivity index (χ3v) is 1.51. The Morgan fingerprint density at radius 2 is 2.06 bits per heavy atom. The normalized spacial score (nSPS) is 9.31. The highest BCUT2D eigenvalue weighted by Gasteiger charge is 2.17. The van der Waals surface area contributed by atoms with E-state index in [0.717, 1.165) is 0 Å². The van der Waals surface area contributed by atoms with E-state index < -0.39 is 11.1 Å². The van der Waals surface area contributed by atoms with E-state index in [0.29, 0.717) is 0 Å². The molecule has 0 aromatic heterocycles. The van der Waals surface area contributed by atoms with Crippen LogP contribution in [-0.2, 0) is 4.74 Å². The summed E-state index contributed by atoms with van der Waals surface area (Å²) >= 11 is 0. The van der Waals surface area contributed by atoms with E-state index in [1.54, 1.807) is 0 Å². The van der Waals surface area contributed by atoms with E-state index in [9.17, 15) is 14.9 Å². The van der Waals surface area contributed by atoms with E-state index in [1.165, 1.54) is 31.2 Å². The second-order valence-corrected chi connectivity index (χ2v) is 2.88. The number of carbonyl (C=O) groups is 1. The molecule has 84 valence electrons. The van der Waals surface area contributed by atoms with Gasteiger partial charge in [-0.1, -0.05) is 18.7 Å². The molecule has 1 aromatic rings. The predicted octanol–water partition coefficient (Wildman–Crippen LogP) is 2.64. The Bertz CT molecular complexity index is 441. The van der Waals surface area contributed by atoms with E-state index in [2.05, 4.69) is 16.1 Å². The molecule has 0 heterocycles. The average molecular weight is 223 g/mol. The summed E-state index contributed by atoms with van der Waals surface area (Å²) < 4.78 is 9.16. The molecular weight excluding hydrogens is 214 g/mol. The lowest BCUT2D eigenvalue weighted by molar-refractivity contribution is -0.385. The van der Waals surface area contributed by atoms with Gasteiger partial charge in [0.1, 0.15) is 5.76 Å². The lowest BCUT2D eigenvalue weighted by Crippen LogP contribution is -2.10. The summed E-state index contributed by atoms with van der Waals surface area (Å²) in [5.74, 6) is -0.0256. The zero-order valence-corrected chi connectivity index (χ0v) is 8.50. The van der Waals surface area contributed by atoms with Crippen LogP contribution in [0.4, 0.5) is 10.5 Å². The molecule has 0 aliphatic heterocycles. The zero-order valence-electron chi connectivity index (χ0n) is 8.50. The van der Waals surface area contributed by atoms with Crippen LogP contribution in [0.25, 0.3) is 0 Å². The largest absolute Gasteiger partial charge is 0.519 e. The summed E-state index contributed by atoms with van der Waals surface area (Å²) in [6.45, 7) is 4.80. The summed E-state index contributed by atoms with van der Waals surface area (Å²) in [6, 6.07) is 5.51. The Kier molecular flexibility index (Phi) is 3.60. The molecule has 0 spiro atoms. The highest BCUT2D eigenvalue weighted by Crippen LogP contribution is 2.26. The van der Waals surface area contributed by atoms with Gasteiger partial charge in [0.15, 0.2) is 0 Å². The first-order chi connectivity index (χ1) is 7.50. The van der Waals surface area contributed by atoms with Crippen molar-refractivity contribution in [1.82, 2.24) is 0 Å². The van der Waals surface area contributed by atoms with Gasteiger partial charge in [0.2, 0.25) is 5.75 Å². The maximum Gasteiger partial charge on any atom is 0.519 e. The van der Waals surface area contributed by atoms with Crippen LogP contribution in [0.1, 0.15) is 6.92 Å². The Hall–Kier alpha value is -2.37. The van der Waals surface area contributed by atoms with Gasteiger partial charge in [0.05, 0.1) is 4.92 Å². The quantitative estimate of drug-likeness (QED) is 0.259. The highest BCUT2D eigenvalue weighted by atomic mass is 16.7. The number of hydrogen-bond acceptors (Lipinski definition) is 5. The molecule has 0 bridgehead atoms. The van der Waals surface area contributed by atoms with E-state index in [1.807, 2.05) is 0 Å². The first-order valence-corrected chi connectivity index (χ1v) is 4.29. The van der Waals surface area contributed by atoms with Gasteiger partial charge >= 0.3 is 11.8 Å². The molecule has 0 aliphatic rings. The van der Waals surface area contributed by atoms with Crippen molar-refractivity contribution in [2.24, 2.45) is 0 Å². The number of carbonyl (C=O) groups excluding carboxylic acids is 1. The lowest BCUT2D eigenvalue weighted by atomic mass is 10.3. The topological polar surface area (TPSA) is 78.7 Å². The van der Waals surface area contributed by atoms with Crippen LogP contribution in [-0.4, -0.2) is 11.1 Å². The highest BCUT2D eigenvalue weighted by molar-refractivity contribution is 5.67. The fourth-order valence-electron chi connectivity index (χ4n) is 0.947. The second-order valence-electron chi connectivity index (χ2n) is 2.88. The summed E-state index contributed by atoms with van der Waals surface area (Å²) in [7, 11) is 0. The molecule has 1 rings (SSSR count). The van der Waals surface area contributed by atoms with Gasteiger partial charge < -0.3 is 9.47 Å². The number of nitro groups is 1. The summed E-state index contributed by atoms with van der Waals surface area (Å²) in [5, 5.41) is 10.6. The van der Waals surface area contributed by atoms with Crippen molar-refractivity contribution in [2.45, 2.75) is 6.92 Å². The number of nitrogens with zero attached hydrogens (tertiary/aromatic N) is 1. The number of hydrogen-bond donors (Lipinski definition) is 0. The molecule has 0 N–H and O–H groups in total. The van der Waals surface area contributed by atoms with Crippen LogP contribution in [0.2, 0.25) is 0 Å². The van der Waals surface area contributed by atoms with Gasteiger partial charge in [-0.05, 0) is 13.0 Å². The molecule has 0 fully saturated rings. The molecule has 0 aliphatic carbocycles. The van der Waals surface area contributed by atoms with Gasteiger partial charge in [0, 0.05) is 6.07 Å². The number of ether oxygens (including phenoxy) is 2. The zero-order chi connectivity index (χ0) is 12.1. The molecular formula is C10H9NO5. The van der Waals surface area contributed by atoms with Crippen molar-refractivity contribution >= 4 is 11.8 Å². The fourth-order valence-corrected chi connectivity index (χ4v) is 0.947. The van der Waals surface area contributed by atoms with Gasteiger partial charge in [-0.15, -0.1) is 0 Å². The van der Waals surface area contributed by atoms with E-state index >= 15 is 0 Å². The number of para-hydroxylation sites is 2. The number of benzene rings is 1. The maximum atomic E-state index is 11.1. The van der Waals surface area contributed by atoms with Gasteiger partial charge in [-0.2, -0.15) is 0 Å². The number of allylic oxidation sites excluding steroid dienone is 1. The fraction of sp³-hybridized carbons (Fsp3) is 0.100. The minimum atomic E-state index is -1.05. The summed E-state index contributed by atoms with van der Waals surface area (Å²) in [6.07, 6.45) is -1.05. The summed E-state index contributed by atoms with van der Waals surface area (Å²) in [4.78, 5) is 21.0. The van der Waals surface area contributed by atoms with Crippen LogP contribution >= 0.6 is 0 Å². The molecule has 0 radical (unpaired) electrons. The minimum Gasteiger partial charge on any atom is -0.400 e. The second kappa shape index (κ2) is 4.92. The first kappa shape index (κ1) is 11.7. The van der Waals surface area contributed by atoms with Crippen molar-refractivity contribution in [3.05, 3.63) is 46.7 Å². The molecule has 0 amide bonds.